The fourth-order valence-corrected chi connectivity index (χ4v) is 1.72. The molecule has 0 N–H and O–H groups in total. The normalized spacial score (nSPS) is 10.6. The van der Waals surface area contributed by atoms with Crippen molar-refractivity contribution in [1.82, 2.24) is 20.2 Å². The molecule has 2 aromatic rings. The number of nitrogens with zero attached hydrogens (tertiary/aromatic N) is 4. The summed E-state index contributed by atoms with van der Waals surface area (Å²) in [4.78, 5) is 11.7. The predicted octanol–water partition coefficient (Wildman–Crippen LogP) is 0.411. The molecular weight excluding hydrogens is 288 g/mol. The van der Waals surface area contributed by atoms with Crippen molar-refractivity contribution < 1.29 is 19.0 Å². The Morgan fingerprint density at radius 2 is 1.91 bits per heavy atom. The molecule has 2 rings (SSSR count). The number of esters is 1. The number of methoxy groups -OCH3 is 1. The molecule has 0 atom stereocenters. The van der Waals surface area contributed by atoms with E-state index >= 15 is 0 Å². The quantitative estimate of drug-likeness (QED) is 0.489. The Kier molecular flexibility index (Phi) is 6.46. The number of benzene rings is 1. The Morgan fingerprint density at radius 3 is 2.59 bits per heavy atom. The maximum Gasteiger partial charge on any atom is 0.310 e. The number of carbonyl (C=O) groups is 1. The molecule has 0 saturated heterocycles. The van der Waals surface area contributed by atoms with Gasteiger partial charge in [-0.05, 0) is 28.1 Å². The highest BCUT2D eigenvalue weighted by molar-refractivity contribution is 5.72. The molecule has 0 fully saturated rings. The first-order valence-electron chi connectivity index (χ1n) is 6.84. The highest BCUT2D eigenvalue weighted by Crippen LogP contribution is 2.08. The molecule has 0 unspecified atom stereocenters. The molecule has 8 heteroatoms. The van der Waals surface area contributed by atoms with Crippen molar-refractivity contribution in [2.24, 2.45) is 0 Å². The standard InChI is InChI=1S/C14H18N4O4/c1-20-6-7-21-8-9-22-14(19)10-12-2-4-13(5-3-12)18-11-15-16-17-18/h2-5,11H,6-10H2,1H3. The third kappa shape index (κ3) is 5.23. The number of ether oxygens (including phenoxy) is 3. The first kappa shape index (κ1) is 16.1. The van der Waals surface area contributed by atoms with Gasteiger partial charge in [0, 0.05) is 7.11 Å². The summed E-state index contributed by atoms with van der Waals surface area (Å²) in [5.41, 5.74) is 1.69. The Balaban J connectivity index is 1.70. The van der Waals surface area contributed by atoms with E-state index in [1.54, 1.807) is 11.8 Å². The lowest BCUT2D eigenvalue weighted by molar-refractivity contribution is -0.144. The minimum Gasteiger partial charge on any atom is -0.463 e. The minimum absolute atomic E-state index is 0.216. The van der Waals surface area contributed by atoms with Crippen LogP contribution in [0.4, 0.5) is 0 Å². The van der Waals surface area contributed by atoms with E-state index in [0.29, 0.717) is 19.8 Å². The number of rotatable bonds is 9. The van der Waals surface area contributed by atoms with Crippen LogP contribution in [0.5, 0.6) is 0 Å². The number of carbonyl (C=O) groups excluding carboxylic acids is 1. The predicted molar refractivity (Wildman–Crippen MR) is 76.5 cm³/mol. The molecule has 0 amide bonds. The van der Waals surface area contributed by atoms with Gasteiger partial charge in [0.2, 0.25) is 0 Å². The zero-order valence-corrected chi connectivity index (χ0v) is 12.3. The van der Waals surface area contributed by atoms with Crippen molar-refractivity contribution in [1.29, 1.82) is 0 Å². The van der Waals surface area contributed by atoms with Gasteiger partial charge in [0.15, 0.2) is 0 Å². The summed E-state index contributed by atoms with van der Waals surface area (Å²) in [6.45, 7) is 1.63. The molecule has 0 aliphatic carbocycles. The topological polar surface area (TPSA) is 88.4 Å². The molecule has 1 heterocycles. The van der Waals surface area contributed by atoms with Gasteiger partial charge >= 0.3 is 5.97 Å². The van der Waals surface area contributed by atoms with Crippen LogP contribution >= 0.6 is 0 Å². The number of hydrogen-bond acceptors (Lipinski definition) is 7. The molecule has 0 saturated carbocycles. The average molecular weight is 306 g/mol. The Bertz CT molecular complexity index is 557. The van der Waals surface area contributed by atoms with Gasteiger partial charge in [0.1, 0.15) is 12.9 Å². The van der Waals surface area contributed by atoms with Crippen molar-refractivity contribution in [3.05, 3.63) is 36.2 Å². The molecule has 22 heavy (non-hydrogen) atoms. The van der Waals surface area contributed by atoms with E-state index in [1.807, 2.05) is 24.3 Å². The van der Waals surface area contributed by atoms with Crippen LogP contribution in [0.25, 0.3) is 5.69 Å². The summed E-state index contributed by atoms with van der Waals surface area (Å²) in [6, 6.07) is 7.36. The second kappa shape index (κ2) is 8.85. The Labute approximate surface area is 128 Å². The largest absolute Gasteiger partial charge is 0.463 e. The van der Waals surface area contributed by atoms with Gasteiger partial charge in [-0.2, -0.15) is 0 Å². The van der Waals surface area contributed by atoms with Crippen molar-refractivity contribution >= 4 is 5.97 Å². The van der Waals surface area contributed by atoms with Gasteiger partial charge in [0.25, 0.3) is 0 Å². The molecule has 1 aromatic carbocycles. The summed E-state index contributed by atoms with van der Waals surface area (Å²) < 4.78 is 16.7. The van der Waals surface area contributed by atoms with Crippen molar-refractivity contribution in [2.75, 3.05) is 33.5 Å². The van der Waals surface area contributed by atoms with Gasteiger partial charge in [-0.3, -0.25) is 4.79 Å². The van der Waals surface area contributed by atoms with Gasteiger partial charge < -0.3 is 14.2 Å². The van der Waals surface area contributed by atoms with Crippen molar-refractivity contribution in [2.45, 2.75) is 6.42 Å². The van der Waals surface area contributed by atoms with Crippen molar-refractivity contribution in [3.8, 4) is 5.69 Å². The monoisotopic (exact) mass is 306 g/mol. The zero-order valence-electron chi connectivity index (χ0n) is 12.3. The number of tetrazole rings is 1. The third-order valence-corrected chi connectivity index (χ3v) is 2.82. The summed E-state index contributed by atoms with van der Waals surface area (Å²) in [6.07, 6.45) is 1.72. The van der Waals surface area contributed by atoms with Crippen LogP contribution in [0, 0.1) is 0 Å². The Morgan fingerprint density at radius 1 is 1.14 bits per heavy atom. The SMILES string of the molecule is COCCOCCOC(=O)Cc1ccc(-n2cnnn2)cc1. The lowest BCUT2D eigenvalue weighted by Crippen LogP contribution is -2.14. The smallest absolute Gasteiger partial charge is 0.310 e. The van der Waals surface area contributed by atoms with Gasteiger partial charge in [-0.25, -0.2) is 4.68 Å². The fourth-order valence-electron chi connectivity index (χ4n) is 1.72. The van der Waals surface area contributed by atoms with Crippen LogP contribution in [0.2, 0.25) is 0 Å². The summed E-state index contributed by atoms with van der Waals surface area (Å²) >= 11 is 0. The molecule has 1 aromatic heterocycles. The van der Waals surface area contributed by atoms with E-state index in [4.69, 9.17) is 14.2 Å². The van der Waals surface area contributed by atoms with Crippen LogP contribution < -0.4 is 0 Å². The molecular formula is C14H18N4O4. The maximum absolute atomic E-state index is 11.7. The zero-order chi connectivity index (χ0) is 15.6. The minimum atomic E-state index is -0.287. The lowest BCUT2D eigenvalue weighted by atomic mass is 10.1. The second-order valence-electron chi connectivity index (χ2n) is 4.42. The van der Waals surface area contributed by atoms with Gasteiger partial charge in [-0.1, -0.05) is 12.1 Å². The van der Waals surface area contributed by atoms with E-state index < -0.39 is 0 Å². The number of hydrogen-bond donors (Lipinski definition) is 0. The summed E-state index contributed by atoms with van der Waals surface area (Å²) in [5, 5.41) is 10.9. The van der Waals surface area contributed by atoms with Crippen LogP contribution in [0.3, 0.4) is 0 Å². The van der Waals surface area contributed by atoms with E-state index in [0.717, 1.165) is 11.3 Å². The second-order valence-corrected chi connectivity index (χ2v) is 4.42. The fraction of sp³-hybridized carbons (Fsp3) is 0.429. The molecule has 0 aliphatic rings. The van der Waals surface area contributed by atoms with Gasteiger partial charge in [-0.15, -0.1) is 5.10 Å². The molecule has 8 nitrogen and oxygen atoms in total. The van der Waals surface area contributed by atoms with Crippen molar-refractivity contribution in [3.63, 3.8) is 0 Å². The third-order valence-electron chi connectivity index (χ3n) is 2.82. The van der Waals surface area contributed by atoms with Crippen LogP contribution in [-0.2, 0) is 25.4 Å². The average Bonchev–Trinajstić information content (AvgIpc) is 3.06. The van der Waals surface area contributed by atoms with E-state index in [1.165, 1.54) is 6.33 Å². The van der Waals surface area contributed by atoms with Crippen LogP contribution in [0.1, 0.15) is 5.56 Å². The molecule has 0 aliphatic heterocycles. The molecule has 118 valence electrons. The highest BCUT2D eigenvalue weighted by atomic mass is 16.6. The molecule has 0 radical (unpaired) electrons. The van der Waals surface area contributed by atoms with E-state index in [9.17, 15) is 4.79 Å². The lowest BCUT2D eigenvalue weighted by Gasteiger charge is -2.06. The number of aromatic nitrogens is 4. The van der Waals surface area contributed by atoms with Gasteiger partial charge in [0.05, 0.1) is 31.9 Å². The first-order valence-corrected chi connectivity index (χ1v) is 6.84. The first-order chi connectivity index (χ1) is 10.8. The van der Waals surface area contributed by atoms with E-state index in [-0.39, 0.29) is 19.0 Å². The molecule has 0 spiro atoms. The summed E-state index contributed by atoms with van der Waals surface area (Å²) in [7, 11) is 1.61. The molecule has 0 bridgehead atoms. The Hall–Kier alpha value is -2.32. The van der Waals surface area contributed by atoms with E-state index in [2.05, 4.69) is 15.5 Å². The summed E-state index contributed by atoms with van der Waals surface area (Å²) in [5.74, 6) is -0.287. The van der Waals surface area contributed by atoms with Crippen LogP contribution in [0.15, 0.2) is 30.6 Å². The van der Waals surface area contributed by atoms with Crippen LogP contribution in [-0.4, -0.2) is 59.7 Å². The maximum atomic E-state index is 11.7. The highest BCUT2D eigenvalue weighted by Gasteiger charge is 2.05.